The number of nitrogens with zero attached hydrogens (tertiary/aromatic N) is 3. The molecule has 0 saturated heterocycles. The van der Waals surface area contributed by atoms with Gasteiger partial charge in [0.1, 0.15) is 0 Å². The number of aromatic nitrogens is 3. The minimum atomic E-state index is 0.695. The van der Waals surface area contributed by atoms with Gasteiger partial charge in [-0.2, -0.15) is 0 Å². The van der Waals surface area contributed by atoms with Gasteiger partial charge in [-0.05, 0) is 74.3 Å². The molecule has 0 saturated carbocycles. The molecule has 232 valence electrons. The molecule has 5 aromatic rings. The van der Waals surface area contributed by atoms with E-state index in [0.717, 1.165) is 29.5 Å². The van der Waals surface area contributed by atoms with Crippen LogP contribution >= 0.6 is 0 Å². The van der Waals surface area contributed by atoms with E-state index in [-0.39, 0.29) is 0 Å². The molecule has 1 heterocycles. The maximum absolute atomic E-state index is 4.98. The molecule has 0 N–H and O–H groups in total. The third-order valence-corrected chi connectivity index (χ3v) is 8.87. The summed E-state index contributed by atoms with van der Waals surface area (Å²) in [5, 5.41) is 0. The van der Waals surface area contributed by atoms with Crippen LogP contribution in [0.25, 0.3) is 45.3 Å². The van der Waals surface area contributed by atoms with Gasteiger partial charge in [-0.3, -0.25) is 0 Å². The molecule has 0 atom stereocenters. The van der Waals surface area contributed by atoms with Crippen molar-refractivity contribution in [3.8, 4) is 45.3 Å². The largest absolute Gasteiger partial charge is 0.208 e. The fourth-order valence-corrected chi connectivity index (χ4v) is 6.01. The maximum atomic E-state index is 4.98. The van der Waals surface area contributed by atoms with Crippen LogP contribution in [-0.4, -0.2) is 15.0 Å². The van der Waals surface area contributed by atoms with Crippen molar-refractivity contribution in [2.24, 2.45) is 0 Å². The Morgan fingerprint density at radius 3 is 1.27 bits per heavy atom. The topological polar surface area (TPSA) is 38.7 Å². The number of unbranched alkanes of at least 4 members (excludes halogenated alkanes) is 6. The summed E-state index contributed by atoms with van der Waals surface area (Å²) in [5.74, 6) is 2.09. The zero-order valence-electron chi connectivity index (χ0n) is 28.0. The Labute approximate surface area is 271 Å². The summed E-state index contributed by atoms with van der Waals surface area (Å²) in [7, 11) is 0. The first-order valence-corrected chi connectivity index (χ1v) is 17.1. The van der Waals surface area contributed by atoms with Crippen molar-refractivity contribution in [3.63, 3.8) is 0 Å². The third-order valence-electron chi connectivity index (χ3n) is 8.87. The summed E-state index contributed by atoms with van der Waals surface area (Å²) in [5.41, 5.74) is 12.5. The highest BCUT2D eigenvalue weighted by atomic mass is 15.0. The van der Waals surface area contributed by atoms with Crippen LogP contribution in [0.3, 0.4) is 0 Å². The van der Waals surface area contributed by atoms with Crippen molar-refractivity contribution in [2.45, 2.75) is 98.8 Å². The van der Waals surface area contributed by atoms with Crippen molar-refractivity contribution in [1.82, 2.24) is 15.0 Å². The van der Waals surface area contributed by atoms with Gasteiger partial charge in [0.15, 0.2) is 17.5 Å². The molecule has 0 spiro atoms. The van der Waals surface area contributed by atoms with E-state index >= 15 is 0 Å². The molecule has 3 nitrogen and oxygen atoms in total. The molecule has 0 fully saturated rings. The second kappa shape index (κ2) is 15.8. The van der Waals surface area contributed by atoms with Crippen LogP contribution in [0.2, 0.25) is 0 Å². The van der Waals surface area contributed by atoms with E-state index in [1.165, 1.54) is 90.3 Å². The fourth-order valence-electron chi connectivity index (χ4n) is 6.01. The average molecular weight is 596 g/mol. The van der Waals surface area contributed by atoms with Gasteiger partial charge in [-0.15, -0.1) is 0 Å². The third kappa shape index (κ3) is 8.54. The number of benzene rings is 4. The second-order valence-corrected chi connectivity index (χ2v) is 12.7. The number of rotatable bonds is 14. The molecule has 4 aromatic carbocycles. The molecule has 0 bridgehead atoms. The summed E-state index contributed by atoms with van der Waals surface area (Å²) >= 11 is 0. The lowest BCUT2D eigenvalue weighted by Gasteiger charge is -2.16. The quantitative estimate of drug-likeness (QED) is 0.120. The van der Waals surface area contributed by atoms with E-state index < -0.39 is 0 Å². The SMILES string of the molecule is CCCCCCc1cc(-c2ccc(-c3nc(-c4ccc(C)cc4)nc(-c4ccc(C)cc4)n3)cc2)c(CCCCCC)cc1C. The molecule has 45 heavy (non-hydrogen) atoms. The van der Waals surface area contributed by atoms with Gasteiger partial charge in [-0.25, -0.2) is 15.0 Å². The molecule has 1 aromatic heterocycles. The van der Waals surface area contributed by atoms with Gasteiger partial charge in [0.05, 0.1) is 0 Å². The highest BCUT2D eigenvalue weighted by Crippen LogP contribution is 2.32. The van der Waals surface area contributed by atoms with Crippen LogP contribution in [0.1, 0.15) is 93.0 Å². The molecule has 0 amide bonds. The minimum Gasteiger partial charge on any atom is -0.208 e. The maximum Gasteiger partial charge on any atom is 0.164 e. The van der Waals surface area contributed by atoms with E-state index in [1.807, 2.05) is 0 Å². The molecular weight excluding hydrogens is 546 g/mol. The molecular formula is C42H49N3. The number of aryl methyl sites for hydroxylation is 5. The molecule has 0 unspecified atom stereocenters. The summed E-state index contributed by atoms with van der Waals surface area (Å²) in [6.07, 6.45) is 12.5. The van der Waals surface area contributed by atoms with Crippen molar-refractivity contribution in [3.05, 3.63) is 113 Å². The Bertz CT molecular complexity index is 1600. The van der Waals surface area contributed by atoms with Gasteiger partial charge in [0, 0.05) is 16.7 Å². The lowest BCUT2D eigenvalue weighted by molar-refractivity contribution is 0.662. The smallest absolute Gasteiger partial charge is 0.164 e. The molecule has 5 rings (SSSR count). The molecule has 0 aliphatic heterocycles. The predicted octanol–water partition coefficient (Wildman–Crippen LogP) is 11.7. The summed E-state index contributed by atoms with van der Waals surface area (Å²) < 4.78 is 0. The van der Waals surface area contributed by atoms with Crippen molar-refractivity contribution >= 4 is 0 Å². The molecule has 0 radical (unpaired) electrons. The van der Waals surface area contributed by atoms with Crippen LogP contribution in [0.4, 0.5) is 0 Å². The predicted molar refractivity (Wildman–Crippen MR) is 191 cm³/mol. The fraction of sp³-hybridized carbons (Fsp3) is 0.357. The van der Waals surface area contributed by atoms with E-state index in [1.54, 1.807) is 0 Å². The Balaban J connectivity index is 1.51. The zero-order chi connectivity index (χ0) is 31.6. The highest BCUT2D eigenvalue weighted by Gasteiger charge is 2.14. The van der Waals surface area contributed by atoms with E-state index in [2.05, 4.69) is 120 Å². The van der Waals surface area contributed by atoms with Crippen LogP contribution in [-0.2, 0) is 12.8 Å². The lowest BCUT2D eigenvalue weighted by atomic mass is 9.89. The first-order valence-electron chi connectivity index (χ1n) is 17.1. The Kier molecular flexibility index (Phi) is 11.3. The Morgan fingerprint density at radius 2 is 0.822 bits per heavy atom. The van der Waals surface area contributed by atoms with Crippen LogP contribution < -0.4 is 0 Å². The van der Waals surface area contributed by atoms with E-state index in [9.17, 15) is 0 Å². The van der Waals surface area contributed by atoms with E-state index in [0.29, 0.717) is 17.5 Å². The van der Waals surface area contributed by atoms with Gasteiger partial charge >= 0.3 is 0 Å². The van der Waals surface area contributed by atoms with Crippen LogP contribution in [0.15, 0.2) is 84.9 Å². The lowest BCUT2D eigenvalue weighted by Crippen LogP contribution is -2.00. The first kappa shape index (κ1) is 32.3. The first-order chi connectivity index (χ1) is 21.9. The van der Waals surface area contributed by atoms with Gasteiger partial charge in [-0.1, -0.05) is 148 Å². The minimum absolute atomic E-state index is 0.695. The summed E-state index contributed by atoms with van der Waals surface area (Å²) in [6, 6.07) is 30.7. The normalized spacial score (nSPS) is 11.2. The monoisotopic (exact) mass is 595 g/mol. The van der Waals surface area contributed by atoms with Crippen molar-refractivity contribution < 1.29 is 0 Å². The number of hydrogen-bond acceptors (Lipinski definition) is 3. The van der Waals surface area contributed by atoms with Crippen LogP contribution in [0.5, 0.6) is 0 Å². The molecule has 3 heteroatoms. The Morgan fingerprint density at radius 1 is 0.422 bits per heavy atom. The summed E-state index contributed by atoms with van der Waals surface area (Å²) in [6.45, 7) is 11.1. The van der Waals surface area contributed by atoms with Crippen LogP contribution in [0, 0.1) is 20.8 Å². The van der Waals surface area contributed by atoms with Crippen molar-refractivity contribution in [1.29, 1.82) is 0 Å². The molecule has 0 aliphatic carbocycles. The standard InChI is InChI=1S/C42H49N3/c1-6-8-10-12-14-37-29-39(38(28-32(37)5)15-13-11-9-7-2)33-24-26-36(27-25-33)42-44-40(34-20-16-30(3)17-21-34)43-41(45-42)35-22-18-31(4)19-23-35/h16-29H,6-15H2,1-5H3. The summed E-state index contributed by atoms with van der Waals surface area (Å²) in [4.78, 5) is 14.9. The van der Waals surface area contributed by atoms with Gasteiger partial charge in [0.2, 0.25) is 0 Å². The van der Waals surface area contributed by atoms with Gasteiger partial charge in [0.25, 0.3) is 0 Å². The average Bonchev–Trinajstić information content (AvgIpc) is 3.06. The number of hydrogen-bond donors (Lipinski definition) is 0. The van der Waals surface area contributed by atoms with E-state index in [4.69, 9.17) is 15.0 Å². The second-order valence-electron chi connectivity index (χ2n) is 12.7. The van der Waals surface area contributed by atoms with Crippen molar-refractivity contribution in [2.75, 3.05) is 0 Å². The molecule has 0 aliphatic rings. The zero-order valence-corrected chi connectivity index (χ0v) is 28.0. The van der Waals surface area contributed by atoms with Gasteiger partial charge < -0.3 is 0 Å². The Hall–Kier alpha value is -4.11. The highest BCUT2D eigenvalue weighted by molar-refractivity contribution is 5.73.